The molecule has 0 saturated carbocycles. The van der Waals surface area contributed by atoms with Gasteiger partial charge in [0.25, 0.3) is 0 Å². The van der Waals surface area contributed by atoms with E-state index in [1.165, 1.54) is 10.4 Å². The number of thiophene rings is 1. The Labute approximate surface area is 163 Å². The molecule has 1 aliphatic heterocycles. The van der Waals surface area contributed by atoms with Crippen molar-refractivity contribution < 1.29 is 9.47 Å². The number of rotatable bonds is 5. The van der Waals surface area contributed by atoms with E-state index in [9.17, 15) is 0 Å². The van der Waals surface area contributed by atoms with Gasteiger partial charge in [-0.2, -0.15) is 0 Å². The average Bonchev–Trinajstić information content (AvgIpc) is 3.11. The van der Waals surface area contributed by atoms with Crippen molar-refractivity contribution in [1.82, 2.24) is 10.6 Å². The Hall–Kier alpha value is -1.48. The van der Waals surface area contributed by atoms with E-state index in [-0.39, 0.29) is 24.0 Å². The van der Waals surface area contributed by atoms with Gasteiger partial charge in [-0.1, -0.05) is 12.1 Å². The van der Waals surface area contributed by atoms with Gasteiger partial charge in [0.05, 0.1) is 6.54 Å². The molecule has 1 aromatic carbocycles. The Kier molecular flexibility index (Phi) is 7.64. The fourth-order valence-corrected chi connectivity index (χ4v) is 3.02. The van der Waals surface area contributed by atoms with Crippen LogP contribution >= 0.6 is 35.3 Å². The molecular weight excluding hydrogens is 437 g/mol. The van der Waals surface area contributed by atoms with Crippen molar-refractivity contribution in [2.24, 2.45) is 4.99 Å². The first-order valence-corrected chi connectivity index (χ1v) is 8.58. The molecule has 0 spiro atoms. The summed E-state index contributed by atoms with van der Waals surface area (Å²) in [7, 11) is 1.79. The second kappa shape index (κ2) is 9.73. The minimum Gasteiger partial charge on any atom is -0.486 e. The monoisotopic (exact) mass is 459 g/mol. The lowest BCUT2D eigenvalue weighted by atomic mass is 10.1. The zero-order valence-electron chi connectivity index (χ0n) is 13.6. The van der Waals surface area contributed by atoms with Gasteiger partial charge in [-0.15, -0.1) is 35.3 Å². The van der Waals surface area contributed by atoms with Crippen molar-refractivity contribution >= 4 is 41.3 Å². The number of ether oxygens (including phenoxy) is 2. The molecule has 7 heteroatoms. The van der Waals surface area contributed by atoms with E-state index >= 15 is 0 Å². The summed E-state index contributed by atoms with van der Waals surface area (Å²) in [5.74, 6) is 2.49. The number of benzene rings is 1. The fourth-order valence-electron chi connectivity index (χ4n) is 2.37. The van der Waals surface area contributed by atoms with Crippen LogP contribution in [0.15, 0.2) is 40.7 Å². The first-order chi connectivity index (χ1) is 11.3. The minimum atomic E-state index is 0. The summed E-state index contributed by atoms with van der Waals surface area (Å²) in [5, 5.41) is 8.72. The molecule has 1 aliphatic rings. The van der Waals surface area contributed by atoms with E-state index in [1.54, 1.807) is 18.4 Å². The Balaban J connectivity index is 0.00000208. The van der Waals surface area contributed by atoms with Crippen molar-refractivity contribution in [3.63, 3.8) is 0 Å². The highest BCUT2D eigenvalue weighted by Crippen LogP contribution is 2.30. The molecule has 1 aromatic heterocycles. The van der Waals surface area contributed by atoms with Crippen molar-refractivity contribution in [2.75, 3.05) is 26.8 Å². The predicted octanol–water partition coefficient (Wildman–Crippen LogP) is 3.05. The standard InChI is InChI=1S/C17H21N3O2S.HI/c1-18-17(20-12-14-3-2-10-23-14)19-7-6-13-4-5-15-16(11-13)22-9-8-21-15;/h2-5,10-11H,6-9,12H2,1H3,(H2,18,19,20);1H. The maximum atomic E-state index is 5.61. The van der Waals surface area contributed by atoms with Gasteiger partial charge in [0.1, 0.15) is 13.2 Å². The lowest BCUT2D eigenvalue weighted by Crippen LogP contribution is -2.37. The van der Waals surface area contributed by atoms with E-state index in [2.05, 4.69) is 45.3 Å². The zero-order valence-corrected chi connectivity index (χ0v) is 16.7. The number of aliphatic imine (C=N–C) groups is 1. The first kappa shape index (κ1) is 18.9. The summed E-state index contributed by atoms with van der Waals surface area (Å²) in [5.41, 5.74) is 1.22. The van der Waals surface area contributed by atoms with Crippen LogP contribution in [0.25, 0.3) is 0 Å². The Morgan fingerprint density at radius 3 is 2.75 bits per heavy atom. The first-order valence-electron chi connectivity index (χ1n) is 7.70. The molecular formula is C17H22IN3O2S. The molecule has 3 rings (SSSR count). The van der Waals surface area contributed by atoms with E-state index in [4.69, 9.17) is 9.47 Å². The quantitative estimate of drug-likeness (QED) is 0.410. The van der Waals surface area contributed by atoms with Crippen LogP contribution in [-0.4, -0.2) is 32.8 Å². The number of hydrogen-bond acceptors (Lipinski definition) is 4. The fraction of sp³-hybridized carbons (Fsp3) is 0.353. The van der Waals surface area contributed by atoms with Crippen LogP contribution < -0.4 is 20.1 Å². The SMILES string of the molecule is CN=C(NCCc1ccc2c(c1)OCCO2)NCc1cccs1.I. The van der Waals surface area contributed by atoms with Gasteiger partial charge in [0.15, 0.2) is 17.5 Å². The zero-order chi connectivity index (χ0) is 15.9. The van der Waals surface area contributed by atoms with Crippen LogP contribution in [0.2, 0.25) is 0 Å². The summed E-state index contributed by atoms with van der Waals surface area (Å²) < 4.78 is 11.1. The summed E-state index contributed by atoms with van der Waals surface area (Å²) in [6.45, 7) is 2.85. The third-order valence-electron chi connectivity index (χ3n) is 3.55. The maximum absolute atomic E-state index is 5.61. The van der Waals surface area contributed by atoms with Crippen LogP contribution in [0, 0.1) is 0 Å². The third kappa shape index (κ3) is 5.27. The van der Waals surface area contributed by atoms with Crippen LogP contribution in [0.4, 0.5) is 0 Å². The lowest BCUT2D eigenvalue weighted by molar-refractivity contribution is 0.171. The molecule has 0 atom stereocenters. The van der Waals surface area contributed by atoms with Gasteiger partial charge < -0.3 is 20.1 Å². The molecule has 130 valence electrons. The normalized spacial score (nSPS) is 13.1. The number of guanidine groups is 1. The molecule has 2 heterocycles. The van der Waals surface area contributed by atoms with Gasteiger partial charge in [-0.05, 0) is 35.6 Å². The van der Waals surface area contributed by atoms with Crippen molar-refractivity contribution in [3.05, 3.63) is 46.2 Å². The van der Waals surface area contributed by atoms with E-state index < -0.39 is 0 Å². The second-order valence-corrected chi connectivity index (χ2v) is 6.19. The lowest BCUT2D eigenvalue weighted by Gasteiger charge is -2.19. The van der Waals surface area contributed by atoms with Gasteiger partial charge in [-0.25, -0.2) is 0 Å². The highest BCUT2D eigenvalue weighted by Gasteiger charge is 2.11. The molecule has 0 unspecified atom stereocenters. The second-order valence-electron chi connectivity index (χ2n) is 5.16. The van der Waals surface area contributed by atoms with Crippen molar-refractivity contribution in [1.29, 1.82) is 0 Å². The van der Waals surface area contributed by atoms with Gasteiger partial charge in [0, 0.05) is 18.5 Å². The Morgan fingerprint density at radius 1 is 1.17 bits per heavy atom. The Bertz CT molecular complexity index is 662. The van der Waals surface area contributed by atoms with E-state index in [0.29, 0.717) is 13.2 Å². The molecule has 0 bridgehead atoms. The molecule has 0 saturated heterocycles. The smallest absolute Gasteiger partial charge is 0.191 e. The largest absolute Gasteiger partial charge is 0.486 e. The minimum absolute atomic E-state index is 0. The molecule has 2 aromatic rings. The average molecular weight is 459 g/mol. The van der Waals surface area contributed by atoms with Crippen molar-refractivity contribution in [2.45, 2.75) is 13.0 Å². The summed E-state index contributed by atoms with van der Waals surface area (Å²) >= 11 is 1.74. The molecule has 2 N–H and O–H groups in total. The summed E-state index contributed by atoms with van der Waals surface area (Å²) in [6.07, 6.45) is 0.899. The summed E-state index contributed by atoms with van der Waals surface area (Å²) in [4.78, 5) is 5.53. The van der Waals surface area contributed by atoms with Crippen LogP contribution in [-0.2, 0) is 13.0 Å². The van der Waals surface area contributed by atoms with Gasteiger partial charge >= 0.3 is 0 Å². The molecule has 0 aliphatic carbocycles. The number of nitrogens with zero attached hydrogens (tertiary/aromatic N) is 1. The maximum Gasteiger partial charge on any atom is 0.191 e. The van der Waals surface area contributed by atoms with Gasteiger partial charge in [-0.3, -0.25) is 4.99 Å². The van der Waals surface area contributed by atoms with E-state index in [1.807, 2.05) is 6.07 Å². The number of fused-ring (bicyclic) bond motifs is 1. The van der Waals surface area contributed by atoms with Crippen LogP contribution in [0.1, 0.15) is 10.4 Å². The van der Waals surface area contributed by atoms with Crippen LogP contribution in [0.5, 0.6) is 11.5 Å². The molecule has 0 amide bonds. The molecule has 24 heavy (non-hydrogen) atoms. The van der Waals surface area contributed by atoms with E-state index in [0.717, 1.165) is 37.0 Å². The van der Waals surface area contributed by atoms with Crippen LogP contribution in [0.3, 0.4) is 0 Å². The molecule has 5 nitrogen and oxygen atoms in total. The van der Waals surface area contributed by atoms with Crippen molar-refractivity contribution in [3.8, 4) is 11.5 Å². The third-order valence-corrected chi connectivity index (χ3v) is 4.42. The number of nitrogens with one attached hydrogen (secondary N) is 2. The number of hydrogen-bond donors (Lipinski definition) is 2. The van der Waals surface area contributed by atoms with Gasteiger partial charge in [0.2, 0.25) is 0 Å². The highest BCUT2D eigenvalue weighted by atomic mass is 127. The Morgan fingerprint density at radius 2 is 2.00 bits per heavy atom. The molecule has 0 fully saturated rings. The summed E-state index contributed by atoms with van der Waals surface area (Å²) in [6, 6.07) is 10.3. The highest BCUT2D eigenvalue weighted by molar-refractivity contribution is 14.0. The molecule has 0 radical (unpaired) electrons. The predicted molar refractivity (Wildman–Crippen MR) is 109 cm³/mol. The number of halogens is 1. The topological polar surface area (TPSA) is 54.9 Å².